The zero-order valence-corrected chi connectivity index (χ0v) is 18.0. The second-order valence-electron chi connectivity index (χ2n) is 7.51. The summed E-state index contributed by atoms with van der Waals surface area (Å²) < 4.78 is 5.41. The van der Waals surface area contributed by atoms with Gasteiger partial charge in [-0.05, 0) is 36.8 Å². The SMILES string of the molecule is O=C(Nc1nc(CCc2ccccc2)cs1)[C@@H]1CCCN1C(=O)OCc1ccccc1. The molecule has 1 aromatic heterocycles. The number of benzene rings is 2. The van der Waals surface area contributed by atoms with Crippen molar-refractivity contribution in [2.45, 2.75) is 38.3 Å². The van der Waals surface area contributed by atoms with Gasteiger partial charge in [0.2, 0.25) is 5.91 Å². The van der Waals surface area contributed by atoms with E-state index in [4.69, 9.17) is 4.74 Å². The number of amides is 2. The fourth-order valence-electron chi connectivity index (χ4n) is 3.65. The van der Waals surface area contributed by atoms with E-state index in [0.29, 0.717) is 18.1 Å². The average molecular weight is 436 g/mol. The first kappa shape index (κ1) is 21.1. The number of nitrogens with zero attached hydrogens (tertiary/aromatic N) is 2. The van der Waals surface area contributed by atoms with Crippen LogP contribution in [0, 0.1) is 0 Å². The highest BCUT2D eigenvalue weighted by Crippen LogP contribution is 2.23. The van der Waals surface area contributed by atoms with E-state index >= 15 is 0 Å². The van der Waals surface area contributed by atoms with Crippen LogP contribution >= 0.6 is 11.3 Å². The highest BCUT2D eigenvalue weighted by Gasteiger charge is 2.35. The molecule has 1 aliphatic heterocycles. The maximum Gasteiger partial charge on any atom is 0.410 e. The number of likely N-dealkylation sites (tertiary alicyclic amines) is 1. The Morgan fingerprint density at radius 3 is 2.48 bits per heavy atom. The lowest BCUT2D eigenvalue weighted by Gasteiger charge is -2.22. The summed E-state index contributed by atoms with van der Waals surface area (Å²) in [6.45, 7) is 0.716. The van der Waals surface area contributed by atoms with E-state index in [2.05, 4.69) is 22.4 Å². The summed E-state index contributed by atoms with van der Waals surface area (Å²) in [4.78, 5) is 31.4. The molecule has 1 N–H and O–H groups in total. The molecule has 0 spiro atoms. The van der Waals surface area contributed by atoms with Gasteiger partial charge in [-0.2, -0.15) is 0 Å². The highest BCUT2D eigenvalue weighted by molar-refractivity contribution is 7.13. The van der Waals surface area contributed by atoms with Crippen molar-refractivity contribution < 1.29 is 14.3 Å². The zero-order chi connectivity index (χ0) is 21.5. The molecule has 0 radical (unpaired) electrons. The summed E-state index contributed by atoms with van der Waals surface area (Å²) >= 11 is 1.41. The van der Waals surface area contributed by atoms with Gasteiger partial charge in [0.05, 0.1) is 5.69 Å². The highest BCUT2D eigenvalue weighted by atomic mass is 32.1. The van der Waals surface area contributed by atoms with Crippen LogP contribution < -0.4 is 5.32 Å². The van der Waals surface area contributed by atoms with Gasteiger partial charge in [0.1, 0.15) is 12.6 Å². The van der Waals surface area contributed by atoms with Gasteiger partial charge in [0, 0.05) is 11.9 Å². The van der Waals surface area contributed by atoms with Crippen LogP contribution in [-0.4, -0.2) is 34.5 Å². The Morgan fingerprint density at radius 1 is 1.03 bits per heavy atom. The lowest BCUT2D eigenvalue weighted by atomic mass is 10.1. The molecule has 2 amide bonds. The molecule has 3 aromatic rings. The van der Waals surface area contributed by atoms with Crippen molar-refractivity contribution in [1.29, 1.82) is 0 Å². The number of thiazole rings is 1. The fourth-order valence-corrected chi connectivity index (χ4v) is 4.39. The van der Waals surface area contributed by atoms with Gasteiger partial charge in [-0.25, -0.2) is 9.78 Å². The molecule has 0 bridgehead atoms. The van der Waals surface area contributed by atoms with Crippen LogP contribution in [0.1, 0.15) is 29.7 Å². The maximum atomic E-state index is 12.8. The standard InChI is InChI=1S/C24H25N3O3S/c28-22(26-23-25-20(17-31-23)14-13-18-8-3-1-4-9-18)21-12-7-15-27(21)24(29)30-16-19-10-5-2-6-11-19/h1-6,8-11,17,21H,7,12-16H2,(H,25,26,28)/t21-/m0/s1. The molecular formula is C24H25N3O3S. The lowest BCUT2D eigenvalue weighted by Crippen LogP contribution is -2.43. The van der Waals surface area contributed by atoms with Crippen molar-refractivity contribution in [2.75, 3.05) is 11.9 Å². The second kappa shape index (κ2) is 10.2. The molecule has 1 fully saturated rings. The van der Waals surface area contributed by atoms with Crippen LogP contribution in [-0.2, 0) is 29.0 Å². The molecule has 2 aromatic carbocycles. The molecule has 1 atom stereocenters. The maximum absolute atomic E-state index is 12.8. The number of aryl methyl sites for hydroxylation is 2. The minimum absolute atomic E-state index is 0.196. The van der Waals surface area contributed by atoms with Crippen LogP contribution in [0.2, 0.25) is 0 Å². The summed E-state index contributed by atoms with van der Waals surface area (Å²) in [5, 5.41) is 5.42. The lowest BCUT2D eigenvalue weighted by molar-refractivity contribution is -0.120. The summed E-state index contributed by atoms with van der Waals surface area (Å²) in [5.74, 6) is -0.210. The van der Waals surface area contributed by atoms with Crippen LogP contribution in [0.15, 0.2) is 66.0 Å². The number of nitrogens with one attached hydrogen (secondary N) is 1. The predicted molar refractivity (Wildman–Crippen MR) is 121 cm³/mol. The van der Waals surface area contributed by atoms with Gasteiger partial charge in [0.25, 0.3) is 0 Å². The third kappa shape index (κ3) is 5.70. The van der Waals surface area contributed by atoms with Crippen LogP contribution in [0.5, 0.6) is 0 Å². The fraction of sp³-hybridized carbons (Fsp3) is 0.292. The molecule has 7 heteroatoms. The van der Waals surface area contributed by atoms with Crippen molar-refractivity contribution in [3.05, 3.63) is 82.9 Å². The predicted octanol–water partition coefficient (Wildman–Crippen LogP) is 4.67. The first-order valence-corrected chi connectivity index (χ1v) is 11.3. The number of carbonyl (C=O) groups is 2. The Labute approximate surface area is 185 Å². The molecule has 1 aliphatic rings. The van der Waals surface area contributed by atoms with Gasteiger partial charge in [-0.1, -0.05) is 60.7 Å². The van der Waals surface area contributed by atoms with E-state index in [-0.39, 0.29) is 12.5 Å². The normalized spacial score (nSPS) is 15.6. The monoisotopic (exact) mass is 435 g/mol. The molecule has 2 heterocycles. The molecule has 31 heavy (non-hydrogen) atoms. The molecule has 1 saturated heterocycles. The van der Waals surface area contributed by atoms with Gasteiger partial charge in [-0.3, -0.25) is 9.69 Å². The summed E-state index contributed by atoms with van der Waals surface area (Å²) in [5.41, 5.74) is 3.13. The van der Waals surface area contributed by atoms with Crippen molar-refractivity contribution in [2.24, 2.45) is 0 Å². The zero-order valence-electron chi connectivity index (χ0n) is 17.2. The van der Waals surface area contributed by atoms with Crippen molar-refractivity contribution in [3.63, 3.8) is 0 Å². The number of carbonyl (C=O) groups excluding carboxylic acids is 2. The summed E-state index contributed by atoms with van der Waals surface area (Å²) in [6, 6.07) is 19.2. The van der Waals surface area contributed by atoms with E-state index in [1.807, 2.05) is 53.9 Å². The molecule has 6 nitrogen and oxygen atoms in total. The minimum Gasteiger partial charge on any atom is -0.445 e. The Hall–Kier alpha value is -3.19. The Balaban J connectivity index is 1.29. The topological polar surface area (TPSA) is 71.5 Å². The Kier molecular flexibility index (Phi) is 6.94. The van der Waals surface area contributed by atoms with Gasteiger partial charge in [-0.15, -0.1) is 11.3 Å². The first-order chi connectivity index (χ1) is 15.2. The summed E-state index contributed by atoms with van der Waals surface area (Å²) in [6.07, 6.45) is 2.67. The quantitative estimate of drug-likeness (QED) is 0.586. The minimum atomic E-state index is -0.528. The average Bonchev–Trinajstić information content (AvgIpc) is 3.47. The third-order valence-corrected chi connectivity index (χ3v) is 6.10. The van der Waals surface area contributed by atoms with Crippen LogP contribution in [0.3, 0.4) is 0 Å². The number of anilines is 1. The van der Waals surface area contributed by atoms with E-state index in [1.54, 1.807) is 0 Å². The molecule has 4 rings (SSSR count). The van der Waals surface area contributed by atoms with Crippen LogP contribution in [0.4, 0.5) is 9.93 Å². The number of rotatable bonds is 7. The van der Waals surface area contributed by atoms with E-state index in [0.717, 1.165) is 30.5 Å². The second-order valence-corrected chi connectivity index (χ2v) is 8.37. The molecule has 0 aliphatic carbocycles. The van der Waals surface area contributed by atoms with E-state index < -0.39 is 12.1 Å². The number of aromatic nitrogens is 1. The summed E-state index contributed by atoms with van der Waals surface area (Å²) in [7, 11) is 0. The van der Waals surface area contributed by atoms with E-state index in [9.17, 15) is 9.59 Å². The molecule has 0 saturated carbocycles. The number of hydrogen-bond donors (Lipinski definition) is 1. The third-order valence-electron chi connectivity index (χ3n) is 5.29. The van der Waals surface area contributed by atoms with Gasteiger partial charge < -0.3 is 10.1 Å². The molecule has 0 unspecified atom stereocenters. The van der Waals surface area contributed by atoms with E-state index in [1.165, 1.54) is 21.8 Å². The van der Waals surface area contributed by atoms with Crippen molar-refractivity contribution in [1.82, 2.24) is 9.88 Å². The number of hydrogen-bond acceptors (Lipinski definition) is 5. The van der Waals surface area contributed by atoms with Crippen molar-refractivity contribution >= 4 is 28.5 Å². The van der Waals surface area contributed by atoms with Crippen LogP contribution in [0.25, 0.3) is 0 Å². The molecular weight excluding hydrogens is 410 g/mol. The van der Waals surface area contributed by atoms with Gasteiger partial charge >= 0.3 is 6.09 Å². The number of ether oxygens (including phenoxy) is 1. The van der Waals surface area contributed by atoms with Crippen molar-refractivity contribution in [3.8, 4) is 0 Å². The first-order valence-electron chi connectivity index (χ1n) is 10.5. The van der Waals surface area contributed by atoms with Gasteiger partial charge in [0.15, 0.2) is 5.13 Å². The Morgan fingerprint density at radius 2 is 1.74 bits per heavy atom. The largest absolute Gasteiger partial charge is 0.445 e. The Bertz CT molecular complexity index is 1010. The molecule has 160 valence electrons. The smallest absolute Gasteiger partial charge is 0.410 e.